The van der Waals surface area contributed by atoms with E-state index in [1.54, 1.807) is 22.8 Å². The quantitative estimate of drug-likeness (QED) is 0.422. The maximum atomic E-state index is 13.1. The van der Waals surface area contributed by atoms with Crippen LogP contribution in [0.1, 0.15) is 5.56 Å². The van der Waals surface area contributed by atoms with E-state index < -0.39 is 17.1 Å². The molecule has 2 aromatic carbocycles. The van der Waals surface area contributed by atoms with Crippen molar-refractivity contribution >= 4 is 46.1 Å². The van der Waals surface area contributed by atoms with E-state index in [0.717, 1.165) is 21.9 Å². The summed E-state index contributed by atoms with van der Waals surface area (Å²) in [4.78, 5) is 42.3. The molecule has 1 amide bonds. The summed E-state index contributed by atoms with van der Waals surface area (Å²) in [7, 11) is 2.94. The van der Waals surface area contributed by atoms with E-state index in [4.69, 9.17) is 11.6 Å². The van der Waals surface area contributed by atoms with Crippen LogP contribution < -0.4 is 16.6 Å². The van der Waals surface area contributed by atoms with E-state index in [9.17, 15) is 18.8 Å². The smallest absolute Gasteiger partial charge is 0.325 e. The molecule has 170 valence electrons. The number of carbonyl (C=O) groups is 1. The zero-order valence-corrected chi connectivity index (χ0v) is 19.3. The minimum atomic E-state index is -0.495. The summed E-state index contributed by atoms with van der Waals surface area (Å²) in [6.45, 7) is 0.270. The number of aromatic nitrogens is 4. The summed E-state index contributed by atoms with van der Waals surface area (Å²) in [6, 6.07) is 12.6. The highest BCUT2D eigenvalue weighted by molar-refractivity contribution is 7.99. The van der Waals surface area contributed by atoms with Gasteiger partial charge in [-0.2, -0.15) is 0 Å². The highest BCUT2D eigenvalue weighted by Gasteiger charge is 2.20. The largest absolute Gasteiger partial charge is 0.332 e. The van der Waals surface area contributed by atoms with Crippen LogP contribution in [0.4, 0.5) is 10.1 Å². The number of nitrogens with one attached hydrogen (secondary N) is 1. The van der Waals surface area contributed by atoms with E-state index in [0.29, 0.717) is 15.9 Å². The molecule has 0 unspecified atom stereocenters. The van der Waals surface area contributed by atoms with Crippen molar-refractivity contribution in [2.75, 3.05) is 11.1 Å². The second-order valence-corrected chi connectivity index (χ2v) is 8.71. The number of imidazole rings is 1. The van der Waals surface area contributed by atoms with Gasteiger partial charge in [-0.15, -0.1) is 0 Å². The number of benzene rings is 2. The van der Waals surface area contributed by atoms with Crippen LogP contribution in [0.25, 0.3) is 11.2 Å². The Hall–Kier alpha value is -3.37. The highest BCUT2D eigenvalue weighted by atomic mass is 35.5. The van der Waals surface area contributed by atoms with Gasteiger partial charge in [0.15, 0.2) is 16.3 Å². The predicted octanol–water partition coefficient (Wildman–Crippen LogP) is 3.01. The number of nitrogens with zero attached hydrogens (tertiary/aromatic N) is 4. The minimum Gasteiger partial charge on any atom is -0.325 e. The third-order valence-electron chi connectivity index (χ3n) is 5.00. The molecule has 2 aromatic heterocycles. The number of hydrogen-bond acceptors (Lipinski definition) is 5. The third-order valence-corrected chi connectivity index (χ3v) is 6.21. The van der Waals surface area contributed by atoms with Gasteiger partial charge in [-0.1, -0.05) is 35.5 Å². The zero-order valence-electron chi connectivity index (χ0n) is 17.7. The Labute approximate surface area is 196 Å². The van der Waals surface area contributed by atoms with Crippen LogP contribution in [0.2, 0.25) is 5.02 Å². The fourth-order valence-corrected chi connectivity index (χ4v) is 4.37. The molecule has 11 heteroatoms. The molecule has 8 nitrogen and oxygen atoms in total. The molecule has 0 radical (unpaired) electrons. The van der Waals surface area contributed by atoms with E-state index in [2.05, 4.69) is 10.3 Å². The first-order chi connectivity index (χ1) is 15.7. The Morgan fingerprint density at radius 2 is 1.85 bits per heavy atom. The summed E-state index contributed by atoms with van der Waals surface area (Å²) >= 11 is 7.24. The van der Waals surface area contributed by atoms with Crippen molar-refractivity contribution < 1.29 is 9.18 Å². The Morgan fingerprint density at radius 1 is 1.12 bits per heavy atom. The van der Waals surface area contributed by atoms with Crippen LogP contribution in [0.3, 0.4) is 0 Å². The molecule has 4 aromatic rings. The maximum Gasteiger partial charge on any atom is 0.332 e. The Balaban J connectivity index is 1.70. The van der Waals surface area contributed by atoms with Crippen molar-refractivity contribution in [2.24, 2.45) is 14.1 Å². The van der Waals surface area contributed by atoms with Gasteiger partial charge >= 0.3 is 5.69 Å². The summed E-state index contributed by atoms with van der Waals surface area (Å²) in [5, 5.41) is 3.64. The molecule has 0 aliphatic heterocycles. The van der Waals surface area contributed by atoms with Crippen LogP contribution in [-0.2, 0) is 25.4 Å². The topological polar surface area (TPSA) is 90.9 Å². The van der Waals surface area contributed by atoms with Gasteiger partial charge in [0.25, 0.3) is 5.56 Å². The molecule has 0 saturated carbocycles. The van der Waals surface area contributed by atoms with Gasteiger partial charge < -0.3 is 9.88 Å². The molecule has 0 bridgehead atoms. The molecule has 0 fully saturated rings. The van der Waals surface area contributed by atoms with Crippen molar-refractivity contribution in [3.63, 3.8) is 0 Å². The standard InChI is InChI=1S/C22H19ClFN5O3S/c1-27-19-18(20(31)28(2)22(27)32)29(11-13-4-3-5-14(23)10-13)21(26-19)33-12-17(30)25-16-8-6-15(24)7-9-16/h3-10H,11-12H2,1-2H3,(H,25,30). The van der Waals surface area contributed by atoms with Crippen molar-refractivity contribution in [1.29, 1.82) is 0 Å². The van der Waals surface area contributed by atoms with E-state index in [1.807, 2.05) is 6.07 Å². The molecule has 0 saturated heterocycles. The van der Waals surface area contributed by atoms with Gasteiger partial charge in [-0.3, -0.25) is 18.7 Å². The predicted molar refractivity (Wildman–Crippen MR) is 127 cm³/mol. The number of aryl methyl sites for hydroxylation is 1. The van der Waals surface area contributed by atoms with Crippen LogP contribution >= 0.6 is 23.4 Å². The number of carbonyl (C=O) groups excluding carboxylic acids is 1. The van der Waals surface area contributed by atoms with Crippen LogP contribution in [0.5, 0.6) is 0 Å². The summed E-state index contributed by atoms with van der Waals surface area (Å²) in [5.41, 5.74) is 0.796. The van der Waals surface area contributed by atoms with Crippen molar-refractivity contribution in [2.45, 2.75) is 11.7 Å². The second-order valence-electron chi connectivity index (χ2n) is 7.33. The molecule has 1 N–H and O–H groups in total. The lowest BCUT2D eigenvalue weighted by molar-refractivity contribution is -0.113. The monoisotopic (exact) mass is 487 g/mol. The zero-order chi connectivity index (χ0) is 23.7. The SMILES string of the molecule is Cn1c(=O)c2c(nc(SCC(=O)Nc3ccc(F)cc3)n2Cc2cccc(Cl)c2)n(C)c1=O. The number of hydrogen-bond donors (Lipinski definition) is 1. The van der Waals surface area contributed by atoms with Gasteiger partial charge in [0.2, 0.25) is 5.91 Å². The van der Waals surface area contributed by atoms with Gasteiger partial charge in [-0.25, -0.2) is 14.2 Å². The maximum absolute atomic E-state index is 13.1. The van der Waals surface area contributed by atoms with Crippen LogP contribution in [0.15, 0.2) is 63.3 Å². The molecule has 2 heterocycles. The van der Waals surface area contributed by atoms with Crippen LogP contribution in [-0.4, -0.2) is 30.3 Å². The number of halogens is 2. The molecule has 0 atom stereocenters. The lowest BCUT2D eigenvalue weighted by Gasteiger charge is -2.10. The Bertz CT molecular complexity index is 1480. The summed E-state index contributed by atoms with van der Waals surface area (Å²) in [5.74, 6) is -0.733. The minimum absolute atomic E-state index is 0.00942. The first-order valence-electron chi connectivity index (χ1n) is 9.83. The fraction of sp³-hybridized carbons (Fsp3) is 0.182. The Morgan fingerprint density at radius 3 is 2.55 bits per heavy atom. The van der Waals surface area contributed by atoms with Crippen molar-refractivity contribution in [3.05, 3.63) is 85.8 Å². The molecule has 33 heavy (non-hydrogen) atoms. The number of rotatable bonds is 6. The molecular weight excluding hydrogens is 469 g/mol. The third kappa shape index (κ3) is 4.71. The lowest BCUT2D eigenvalue weighted by atomic mass is 10.2. The van der Waals surface area contributed by atoms with Crippen molar-refractivity contribution in [1.82, 2.24) is 18.7 Å². The fourth-order valence-electron chi connectivity index (χ4n) is 3.36. The highest BCUT2D eigenvalue weighted by Crippen LogP contribution is 2.24. The number of anilines is 1. The van der Waals surface area contributed by atoms with E-state index >= 15 is 0 Å². The molecule has 4 rings (SSSR count). The first-order valence-corrected chi connectivity index (χ1v) is 11.2. The molecule has 0 spiro atoms. The molecule has 0 aliphatic carbocycles. The lowest BCUT2D eigenvalue weighted by Crippen LogP contribution is -2.37. The first kappa shape index (κ1) is 22.8. The van der Waals surface area contributed by atoms with Crippen molar-refractivity contribution in [3.8, 4) is 0 Å². The van der Waals surface area contributed by atoms with E-state index in [-0.39, 0.29) is 29.4 Å². The summed E-state index contributed by atoms with van der Waals surface area (Å²) in [6.07, 6.45) is 0. The van der Waals surface area contributed by atoms with Crippen LogP contribution in [0, 0.1) is 5.82 Å². The normalized spacial score (nSPS) is 11.2. The Kier molecular flexibility index (Phi) is 6.39. The number of thioether (sulfide) groups is 1. The second kappa shape index (κ2) is 9.24. The van der Waals surface area contributed by atoms with Gasteiger partial charge in [0.1, 0.15) is 5.82 Å². The van der Waals surface area contributed by atoms with E-state index in [1.165, 1.54) is 42.9 Å². The van der Waals surface area contributed by atoms with Gasteiger partial charge in [0.05, 0.1) is 12.3 Å². The summed E-state index contributed by atoms with van der Waals surface area (Å²) < 4.78 is 17.1. The van der Waals surface area contributed by atoms with Gasteiger partial charge in [-0.05, 0) is 42.0 Å². The van der Waals surface area contributed by atoms with Gasteiger partial charge in [0, 0.05) is 24.8 Å². The molecule has 0 aliphatic rings. The molecular formula is C22H19ClFN5O3S. The number of fused-ring (bicyclic) bond motifs is 1. The average Bonchev–Trinajstić information content (AvgIpc) is 3.14. The average molecular weight is 488 g/mol. The number of amides is 1.